The van der Waals surface area contributed by atoms with Gasteiger partial charge in [0.25, 0.3) is 5.89 Å². The van der Waals surface area contributed by atoms with E-state index in [0.29, 0.717) is 17.3 Å². The molecule has 0 fully saturated rings. The number of aromatic nitrogens is 2. The van der Waals surface area contributed by atoms with E-state index < -0.39 is 0 Å². The average Bonchev–Trinajstić information content (AvgIpc) is 2.92. The Morgan fingerprint density at radius 1 is 1.15 bits per heavy atom. The Morgan fingerprint density at radius 2 is 1.90 bits per heavy atom. The zero-order valence-corrected chi connectivity index (χ0v) is 11.7. The number of phenols is 2. The second-order valence-electron chi connectivity index (χ2n) is 4.50. The summed E-state index contributed by atoms with van der Waals surface area (Å²) in [6.07, 6.45) is 0.718. The highest BCUT2D eigenvalue weighted by atomic mass is 16.5. The topological polar surface area (TPSA) is 82.6 Å². The minimum absolute atomic E-state index is 0.171. The fraction of sp³-hybridized carbons (Fsp3) is 0.429. The quantitative estimate of drug-likeness (QED) is 0.786. The zero-order valence-electron chi connectivity index (χ0n) is 11.7. The molecule has 0 aliphatic carbocycles. The summed E-state index contributed by atoms with van der Waals surface area (Å²) in [4.78, 5) is 6.57. The van der Waals surface area contributed by atoms with Crippen LogP contribution in [0.2, 0.25) is 0 Å². The van der Waals surface area contributed by atoms with Crippen LogP contribution in [0.3, 0.4) is 0 Å². The van der Waals surface area contributed by atoms with E-state index in [4.69, 9.17) is 4.52 Å². The number of benzene rings is 1. The van der Waals surface area contributed by atoms with E-state index in [9.17, 15) is 10.2 Å². The van der Waals surface area contributed by atoms with Crippen molar-refractivity contribution in [1.82, 2.24) is 15.0 Å². The molecule has 0 radical (unpaired) electrons. The molecule has 0 saturated carbocycles. The molecular formula is C14H19N3O3. The lowest BCUT2D eigenvalue weighted by molar-refractivity contribution is 0.303. The Morgan fingerprint density at radius 3 is 2.55 bits per heavy atom. The summed E-state index contributed by atoms with van der Waals surface area (Å²) >= 11 is 0. The van der Waals surface area contributed by atoms with Crippen molar-refractivity contribution in [2.45, 2.75) is 20.3 Å². The van der Waals surface area contributed by atoms with Gasteiger partial charge in [0.1, 0.15) is 0 Å². The molecule has 0 aliphatic heterocycles. The molecule has 1 aromatic heterocycles. The van der Waals surface area contributed by atoms with Crippen LogP contribution in [0.15, 0.2) is 22.7 Å². The molecule has 1 aromatic carbocycles. The number of aromatic hydroxyl groups is 2. The van der Waals surface area contributed by atoms with Crippen LogP contribution >= 0.6 is 0 Å². The largest absolute Gasteiger partial charge is 0.504 e. The summed E-state index contributed by atoms with van der Waals surface area (Å²) in [7, 11) is 0. The second-order valence-corrected chi connectivity index (χ2v) is 4.50. The van der Waals surface area contributed by atoms with Gasteiger partial charge in [-0.05, 0) is 31.3 Å². The van der Waals surface area contributed by atoms with E-state index in [1.54, 1.807) is 6.07 Å². The number of hydrogen-bond acceptors (Lipinski definition) is 6. The minimum atomic E-state index is -0.203. The molecule has 0 bridgehead atoms. The Bertz CT molecular complexity index is 565. The smallest absolute Gasteiger partial charge is 0.258 e. The fourth-order valence-corrected chi connectivity index (χ4v) is 1.93. The van der Waals surface area contributed by atoms with Crippen molar-refractivity contribution in [3.63, 3.8) is 0 Å². The van der Waals surface area contributed by atoms with Crippen LogP contribution in [0.4, 0.5) is 0 Å². The third-order valence-corrected chi connectivity index (χ3v) is 3.24. The molecule has 2 rings (SSSR count). The number of nitrogens with zero attached hydrogens (tertiary/aromatic N) is 3. The van der Waals surface area contributed by atoms with Gasteiger partial charge in [-0.25, -0.2) is 0 Å². The van der Waals surface area contributed by atoms with E-state index in [1.807, 2.05) is 0 Å². The standard InChI is InChI=1S/C14H19N3O3/c1-3-17(4-2)8-7-13-15-14(20-16-13)10-5-6-11(18)12(19)9-10/h5-6,9,18-19H,3-4,7-8H2,1-2H3. The van der Waals surface area contributed by atoms with Gasteiger partial charge in [-0.3, -0.25) is 0 Å². The van der Waals surface area contributed by atoms with Crippen molar-refractivity contribution in [2.75, 3.05) is 19.6 Å². The Labute approximate surface area is 117 Å². The van der Waals surface area contributed by atoms with E-state index in [1.165, 1.54) is 12.1 Å². The highest BCUT2D eigenvalue weighted by Gasteiger charge is 2.11. The lowest BCUT2D eigenvalue weighted by Crippen LogP contribution is -2.25. The van der Waals surface area contributed by atoms with Crippen LogP contribution < -0.4 is 0 Å². The van der Waals surface area contributed by atoms with Crippen molar-refractivity contribution in [1.29, 1.82) is 0 Å². The molecule has 20 heavy (non-hydrogen) atoms. The average molecular weight is 277 g/mol. The van der Waals surface area contributed by atoms with Crippen LogP contribution in [-0.2, 0) is 6.42 Å². The molecule has 0 amide bonds. The fourth-order valence-electron chi connectivity index (χ4n) is 1.93. The molecule has 108 valence electrons. The van der Waals surface area contributed by atoms with Gasteiger partial charge in [0.05, 0.1) is 0 Å². The minimum Gasteiger partial charge on any atom is -0.504 e. The van der Waals surface area contributed by atoms with Gasteiger partial charge in [-0.1, -0.05) is 19.0 Å². The molecule has 6 heteroatoms. The first-order chi connectivity index (χ1) is 9.63. The first kappa shape index (κ1) is 14.3. The van der Waals surface area contributed by atoms with Gasteiger partial charge >= 0.3 is 0 Å². The summed E-state index contributed by atoms with van der Waals surface area (Å²) < 4.78 is 5.17. The predicted octanol–water partition coefficient (Wildman–Crippen LogP) is 2.03. The maximum atomic E-state index is 9.46. The number of rotatable bonds is 6. The van der Waals surface area contributed by atoms with Gasteiger partial charge in [0, 0.05) is 18.5 Å². The van der Waals surface area contributed by atoms with Gasteiger partial charge in [0.15, 0.2) is 17.3 Å². The van der Waals surface area contributed by atoms with Crippen LogP contribution in [-0.4, -0.2) is 44.9 Å². The summed E-state index contributed by atoms with van der Waals surface area (Å²) in [5.74, 6) is 0.606. The molecule has 0 unspecified atom stereocenters. The van der Waals surface area contributed by atoms with Crippen LogP contribution in [0, 0.1) is 0 Å². The van der Waals surface area contributed by atoms with Gasteiger partial charge < -0.3 is 19.6 Å². The molecule has 2 N–H and O–H groups in total. The van der Waals surface area contributed by atoms with Crippen molar-refractivity contribution >= 4 is 0 Å². The maximum Gasteiger partial charge on any atom is 0.258 e. The van der Waals surface area contributed by atoms with Crippen molar-refractivity contribution in [2.24, 2.45) is 0 Å². The number of hydrogen-bond donors (Lipinski definition) is 2. The van der Waals surface area contributed by atoms with Gasteiger partial charge in [0.2, 0.25) is 0 Å². The lowest BCUT2D eigenvalue weighted by Gasteiger charge is -2.16. The summed E-state index contributed by atoms with van der Waals surface area (Å²) in [6, 6.07) is 4.41. The Balaban J connectivity index is 2.06. The third-order valence-electron chi connectivity index (χ3n) is 3.24. The first-order valence-corrected chi connectivity index (χ1v) is 6.71. The van der Waals surface area contributed by atoms with Gasteiger partial charge in [-0.2, -0.15) is 4.98 Å². The van der Waals surface area contributed by atoms with Crippen molar-refractivity contribution in [3.05, 3.63) is 24.0 Å². The van der Waals surface area contributed by atoms with Crippen LogP contribution in [0.1, 0.15) is 19.7 Å². The molecule has 0 atom stereocenters. The van der Waals surface area contributed by atoms with E-state index in [2.05, 4.69) is 28.9 Å². The SMILES string of the molecule is CCN(CC)CCc1noc(-c2ccc(O)c(O)c2)n1. The maximum absolute atomic E-state index is 9.46. The molecule has 6 nitrogen and oxygen atoms in total. The monoisotopic (exact) mass is 277 g/mol. The van der Waals surface area contributed by atoms with E-state index >= 15 is 0 Å². The van der Waals surface area contributed by atoms with E-state index in [-0.39, 0.29) is 11.5 Å². The molecule has 2 aromatic rings. The van der Waals surface area contributed by atoms with Crippen LogP contribution in [0.25, 0.3) is 11.5 Å². The summed E-state index contributed by atoms with van der Waals surface area (Å²) in [5, 5.41) is 22.7. The Hall–Kier alpha value is -2.08. The van der Waals surface area contributed by atoms with Crippen molar-refractivity contribution < 1.29 is 14.7 Å². The van der Waals surface area contributed by atoms with E-state index in [0.717, 1.165) is 26.1 Å². The third kappa shape index (κ3) is 3.27. The first-order valence-electron chi connectivity index (χ1n) is 6.71. The number of phenolic OH excluding ortho intramolecular Hbond substituents is 2. The normalized spacial score (nSPS) is 11.2. The van der Waals surface area contributed by atoms with Crippen molar-refractivity contribution in [3.8, 4) is 23.0 Å². The summed E-state index contributed by atoms with van der Waals surface area (Å²) in [5.41, 5.74) is 0.585. The molecule has 0 spiro atoms. The molecular weight excluding hydrogens is 258 g/mol. The molecule has 0 aliphatic rings. The highest BCUT2D eigenvalue weighted by Crippen LogP contribution is 2.29. The number of likely N-dealkylation sites (N-methyl/N-ethyl adjacent to an activating group) is 1. The zero-order chi connectivity index (χ0) is 14.5. The second kappa shape index (κ2) is 6.38. The summed E-state index contributed by atoms with van der Waals surface area (Å²) in [6.45, 7) is 7.10. The predicted molar refractivity (Wildman–Crippen MR) is 74.6 cm³/mol. The highest BCUT2D eigenvalue weighted by molar-refractivity contribution is 5.58. The van der Waals surface area contributed by atoms with Gasteiger partial charge in [-0.15, -0.1) is 0 Å². The molecule has 1 heterocycles. The molecule has 0 saturated heterocycles. The van der Waals surface area contributed by atoms with Crippen LogP contribution in [0.5, 0.6) is 11.5 Å². The lowest BCUT2D eigenvalue weighted by atomic mass is 10.2. The Kier molecular flexibility index (Phi) is 4.57.